The van der Waals surface area contributed by atoms with E-state index in [9.17, 15) is 14.4 Å². The van der Waals surface area contributed by atoms with Crippen LogP contribution in [0.15, 0.2) is 70.0 Å². The fourth-order valence-corrected chi connectivity index (χ4v) is 4.20. The van der Waals surface area contributed by atoms with Crippen molar-refractivity contribution in [1.82, 2.24) is 9.64 Å². The van der Waals surface area contributed by atoms with Crippen LogP contribution in [0.1, 0.15) is 30.4 Å². The van der Waals surface area contributed by atoms with Gasteiger partial charge >= 0.3 is 11.9 Å². The molecular weight excluding hydrogens is 448 g/mol. The Morgan fingerprint density at radius 3 is 2.29 bits per heavy atom. The van der Waals surface area contributed by atoms with E-state index in [0.29, 0.717) is 35.6 Å². The minimum absolute atomic E-state index is 0.00490. The van der Waals surface area contributed by atoms with E-state index in [1.54, 1.807) is 4.74 Å². The first-order valence-electron chi connectivity index (χ1n) is 11.8. The molecular formula is C27H32N2O6. The molecule has 1 aromatic heterocycles. The molecule has 2 N–H and O–H groups in total. The van der Waals surface area contributed by atoms with Gasteiger partial charge in [-0.2, -0.15) is 4.74 Å². The molecule has 8 heteroatoms. The number of likely N-dealkylation sites (tertiary alicyclic amines) is 1. The molecule has 0 spiro atoms. The van der Waals surface area contributed by atoms with Crippen LogP contribution < -0.4 is 5.56 Å². The number of carboxylic acid groups (broad SMARTS) is 2. The second kappa shape index (κ2) is 12.7. The average Bonchev–Trinajstić information content (AvgIpc) is 3.16. The van der Waals surface area contributed by atoms with Gasteiger partial charge in [-0.15, -0.1) is 0 Å². The molecule has 1 aliphatic rings. The average molecular weight is 481 g/mol. The molecule has 1 fully saturated rings. The zero-order valence-corrected chi connectivity index (χ0v) is 19.9. The summed E-state index contributed by atoms with van der Waals surface area (Å²) >= 11 is 0. The van der Waals surface area contributed by atoms with Crippen molar-refractivity contribution in [2.45, 2.75) is 39.2 Å². The third kappa shape index (κ3) is 8.26. The number of carboxylic acids is 2. The van der Waals surface area contributed by atoms with Gasteiger partial charge in [0.2, 0.25) is 0 Å². The maximum absolute atomic E-state index is 12.4. The van der Waals surface area contributed by atoms with Crippen molar-refractivity contribution in [3.63, 3.8) is 0 Å². The fourth-order valence-electron chi connectivity index (χ4n) is 4.20. The summed E-state index contributed by atoms with van der Waals surface area (Å²) in [6.07, 6.45) is 5.68. The van der Waals surface area contributed by atoms with Gasteiger partial charge in [-0.25, -0.2) is 9.59 Å². The van der Waals surface area contributed by atoms with Crippen molar-refractivity contribution in [2.75, 3.05) is 19.6 Å². The summed E-state index contributed by atoms with van der Waals surface area (Å²) in [5.41, 5.74) is 3.24. The van der Waals surface area contributed by atoms with Crippen molar-refractivity contribution < 1.29 is 24.3 Å². The minimum Gasteiger partial charge on any atom is -0.478 e. The Morgan fingerprint density at radius 2 is 1.66 bits per heavy atom. The molecule has 0 amide bonds. The largest absolute Gasteiger partial charge is 0.478 e. The van der Waals surface area contributed by atoms with Crippen LogP contribution in [0.4, 0.5) is 0 Å². The molecule has 0 saturated carbocycles. The summed E-state index contributed by atoms with van der Waals surface area (Å²) in [4.78, 5) is 34.1. The first-order chi connectivity index (χ1) is 16.8. The summed E-state index contributed by atoms with van der Waals surface area (Å²) < 4.78 is 7.32. The molecule has 186 valence electrons. The van der Waals surface area contributed by atoms with Gasteiger partial charge in [0.15, 0.2) is 5.58 Å². The lowest BCUT2D eigenvalue weighted by atomic mass is 9.93. The van der Waals surface area contributed by atoms with Crippen molar-refractivity contribution in [2.24, 2.45) is 5.92 Å². The van der Waals surface area contributed by atoms with E-state index in [-0.39, 0.29) is 5.56 Å². The van der Waals surface area contributed by atoms with Crippen LogP contribution in [0.25, 0.3) is 11.0 Å². The zero-order valence-electron chi connectivity index (χ0n) is 19.9. The summed E-state index contributed by atoms with van der Waals surface area (Å²) in [7, 11) is 0. The highest BCUT2D eigenvalue weighted by atomic mass is 16.5. The van der Waals surface area contributed by atoms with Gasteiger partial charge in [-0.1, -0.05) is 36.4 Å². The van der Waals surface area contributed by atoms with E-state index < -0.39 is 11.9 Å². The van der Waals surface area contributed by atoms with Crippen molar-refractivity contribution in [1.29, 1.82) is 0 Å². The van der Waals surface area contributed by atoms with E-state index in [1.165, 1.54) is 18.4 Å². The maximum Gasteiger partial charge on any atom is 0.328 e. The van der Waals surface area contributed by atoms with E-state index >= 15 is 0 Å². The van der Waals surface area contributed by atoms with Crippen molar-refractivity contribution in [3.05, 3.63) is 82.2 Å². The standard InChI is InChI=1S/C23H28N2O2.C4H4O4/c1-18-7-8-21-22(17-18)27-25(23(21)26)16-12-20-10-14-24(15-11-20)13-9-19-5-3-2-4-6-19;5-3(6)1-2-4(7)8/h2-8,17,20H,9-16H2,1H3;1-2H,(H,5,6)(H,7,8)/b;2-1+. The highest BCUT2D eigenvalue weighted by Crippen LogP contribution is 2.22. The molecule has 0 unspecified atom stereocenters. The molecule has 8 nitrogen and oxygen atoms in total. The third-order valence-corrected chi connectivity index (χ3v) is 6.18. The highest BCUT2D eigenvalue weighted by molar-refractivity contribution is 5.89. The predicted molar refractivity (Wildman–Crippen MR) is 134 cm³/mol. The number of hydrogen-bond acceptors (Lipinski definition) is 5. The first kappa shape index (κ1) is 26.0. The van der Waals surface area contributed by atoms with Crippen LogP contribution in [0, 0.1) is 12.8 Å². The lowest BCUT2D eigenvalue weighted by Gasteiger charge is -2.31. The second-order valence-corrected chi connectivity index (χ2v) is 8.82. The van der Waals surface area contributed by atoms with Gasteiger partial charge in [0.25, 0.3) is 5.56 Å². The van der Waals surface area contributed by atoms with Gasteiger partial charge in [0.05, 0.1) is 11.9 Å². The van der Waals surface area contributed by atoms with E-state index in [2.05, 4.69) is 35.2 Å². The van der Waals surface area contributed by atoms with Gasteiger partial charge in [-0.3, -0.25) is 4.79 Å². The number of aromatic nitrogens is 1. The Morgan fingerprint density at radius 1 is 1.00 bits per heavy atom. The quantitative estimate of drug-likeness (QED) is 0.469. The van der Waals surface area contributed by atoms with Gasteiger partial charge in [0, 0.05) is 18.7 Å². The molecule has 0 bridgehead atoms. The summed E-state index contributed by atoms with van der Waals surface area (Å²) in [6, 6.07) is 16.5. The Hall–Kier alpha value is -3.65. The molecule has 0 atom stereocenters. The van der Waals surface area contributed by atoms with Crippen LogP contribution in [0.3, 0.4) is 0 Å². The molecule has 1 aliphatic heterocycles. The Kier molecular flexibility index (Phi) is 9.43. The van der Waals surface area contributed by atoms with E-state index in [1.807, 2.05) is 25.1 Å². The fraction of sp³-hybridized carbons (Fsp3) is 0.370. The number of nitrogens with zero attached hydrogens (tertiary/aromatic N) is 2. The van der Waals surface area contributed by atoms with Crippen LogP contribution in [-0.4, -0.2) is 51.4 Å². The molecule has 4 rings (SSSR count). The lowest BCUT2D eigenvalue weighted by molar-refractivity contribution is -0.134. The summed E-state index contributed by atoms with van der Waals surface area (Å²) in [5.74, 6) is -1.83. The molecule has 1 saturated heterocycles. The number of hydrogen-bond donors (Lipinski definition) is 2. The normalized spacial score (nSPS) is 14.7. The Bertz CT molecular complexity index is 1190. The lowest BCUT2D eigenvalue weighted by Crippen LogP contribution is -2.35. The number of carbonyl (C=O) groups is 2. The number of aliphatic carboxylic acids is 2. The minimum atomic E-state index is -1.26. The molecule has 0 radical (unpaired) electrons. The number of rotatable bonds is 8. The van der Waals surface area contributed by atoms with Crippen LogP contribution in [0.5, 0.6) is 0 Å². The molecule has 0 aliphatic carbocycles. The monoisotopic (exact) mass is 480 g/mol. The molecule has 3 aromatic rings. The second-order valence-electron chi connectivity index (χ2n) is 8.82. The summed E-state index contributed by atoms with van der Waals surface area (Å²) in [5, 5.41) is 16.3. The predicted octanol–water partition coefficient (Wildman–Crippen LogP) is 3.96. The molecule has 35 heavy (non-hydrogen) atoms. The zero-order chi connectivity index (χ0) is 25.2. The van der Waals surface area contributed by atoms with Crippen LogP contribution >= 0.6 is 0 Å². The molecule has 2 heterocycles. The highest BCUT2D eigenvalue weighted by Gasteiger charge is 2.20. The number of benzene rings is 2. The van der Waals surface area contributed by atoms with E-state index in [0.717, 1.165) is 38.0 Å². The number of piperidine rings is 1. The van der Waals surface area contributed by atoms with Crippen molar-refractivity contribution in [3.8, 4) is 0 Å². The third-order valence-electron chi connectivity index (χ3n) is 6.18. The number of fused-ring (bicyclic) bond motifs is 1. The van der Waals surface area contributed by atoms with Crippen LogP contribution in [-0.2, 0) is 22.6 Å². The smallest absolute Gasteiger partial charge is 0.328 e. The molecule has 2 aromatic carbocycles. The van der Waals surface area contributed by atoms with Crippen LogP contribution in [0.2, 0.25) is 0 Å². The van der Waals surface area contributed by atoms with Gasteiger partial charge < -0.3 is 19.6 Å². The SMILES string of the molecule is Cc1ccc2c(=O)n(CCC3CCN(CCc4ccccc4)CC3)oc2c1.O=C(O)/C=C/C(=O)O. The summed E-state index contributed by atoms with van der Waals surface area (Å²) in [6.45, 7) is 6.15. The van der Waals surface area contributed by atoms with Gasteiger partial charge in [0.1, 0.15) is 0 Å². The van der Waals surface area contributed by atoms with E-state index in [4.69, 9.17) is 14.7 Å². The maximum atomic E-state index is 12.4. The first-order valence-corrected chi connectivity index (χ1v) is 11.8. The topological polar surface area (TPSA) is 113 Å². The number of aryl methyl sites for hydroxylation is 2. The van der Waals surface area contributed by atoms with Gasteiger partial charge in [-0.05, 0) is 74.9 Å². The van der Waals surface area contributed by atoms with Crippen molar-refractivity contribution >= 4 is 22.9 Å². The Balaban J connectivity index is 0.000000371. The Labute approximate surface area is 204 Å².